The lowest BCUT2D eigenvalue weighted by Gasteiger charge is -2.39. The predicted octanol–water partition coefficient (Wildman–Crippen LogP) is 2.80. The van der Waals surface area contributed by atoms with Crippen molar-refractivity contribution >= 4 is 8.72 Å². The average molecular weight is 233 g/mol. The minimum atomic E-state index is -2.26. The van der Waals surface area contributed by atoms with E-state index in [1.54, 1.807) is 0 Å². The molecule has 3 nitrogen and oxygen atoms in total. The topological polar surface area (TPSA) is 30.5 Å². The standard InChI is InChI=1S/C11H27NO2Si/c1-8-13-15(10(3)4,14-9-2)12-11(5,6)7/h10,12H,8-9H2,1-7H3. The van der Waals surface area contributed by atoms with Gasteiger partial charge in [0.1, 0.15) is 0 Å². The summed E-state index contributed by atoms with van der Waals surface area (Å²) < 4.78 is 11.8. The molecule has 0 radical (unpaired) electrons. The van der Waals surface area contributed by atoms with Gasteiger partial charge in [-0.2, -0.15) is 0 Å². The van der Waals surface area contributed by atoms with Crippen LogP contribution in [0, 0.1) is 0 Å². The van der Waals surface area contributed by atoms with Crippen LogP contribution in [0.25, 0.3) is 0 Å². The van der Waals surface area contributed by atoms with Crippen molar-refractivity contribution < 1.29 is 8.85 Å². The summed E-state index contributed by atoms with van der Waals surface area (Å²) >= 11 is 0. The normalized spacial score (nSPS) is 13.6. The van der Waals surface area contributed by atoms with Gasteiger partial charge in [0.2, 0.25) is 0 Å². The molecule has 0 aromatic heterocycles. The van der Waals surface area contributed by atoms with E-state index >= 15 is 0 Å². The Balaban J connectivity index is 4.77. The molecule has 0 atom stereocenters. The lowest BCUT2D eigenvalue weighted by atomic mass is 10.1. The van der Waals surface area contributed by atoms with Crippen LogP contribution in [0.15, 0.2) is 0 Å². The van der Waals surface area contributed by atoms with E-state index in [-0.39, 0.29) is 5.54 Å². The molecule has 0 unspecified atom stereocenters. The third-order valence-corrected chi connectivity index (χ3v) is 6.08. The van der Waals surface area contributed by atoms with Gasteiger partial charge in [-0.15, -0.1) is 0 Å². The summed E-state index contributed by atoms with van der Waals surface area (Å²) in [6.45, 7) is 16.2. The fourth-order valence-corrected chi connectivity index (χ4v) is 4.63. The van der Waals surface area contributed by atoms with Gasteiger partial charge in [-0.3, -0.25) is 4.98 Å². The molecule has 0 saturated carbocycles. The second-order valence-electron chi connectivity index (χ2n) is 5.06. The first-order valence-electron chi connectivity index (χ1n) is 5.84. The van der Waals surface area contributed by atoms with Crippen molar-refractivity contribution in [3.63, 3.8) is 0 Å². The molecule has 0 saturated heterocycles. The zero-order valence-corrected chi connectivity index (χ0v) is 12.3. The van der Waals surface area contributed by atoms with Gasteiger partial charge in [-0.05, 0) is 34.6 Å². The SMILES string of the molecule is CCO[Si](NC(C)(C)C)(OCC)C(C)C. The van der Waals surface area contributed by atoms with Crippen LogP contribution in [0.3, 0.4) is 0 Å². The largest absolute Gasteiger partial charge is 0.428 e. The van der Waals surface area contributed by atoms with Crippen molar-refractivity contribution in [3.05, 3.63) is 0 Å². The van der Waals surface area contributed by atoms with Gasteiger partial charge in [0.05, 0.1) is 0 Å². The van der Waals surface area contributed by atoms with Crippen LogP contribution in [0.1, 0.15) is 48.5 Å². The van der Waals surface area contributed by atoms with E-state index in [4.69, 9.17) is 8.85 Å². The van der Waals surface area contributed by atoms with Crippen LogP contribution in [0.5, 0.6) is 0 Å². The van der Waals surface area contributed by atoms with Gasteiger partial charge in [0.15, 0.2) is 0 Å². The molecular weight excluding hydrogens is 206 g/mol. The van der Waals surface area contributed by atoms with Crippen LogP contribution in [-0.4, -0.2) is 27.5 Å². The van der Waals surface area contributed by atoms with Gasteiger partial charge in [0, 0.05) is 24.3 Å². The van der Waals surface area contributed by atoms with Gasteiger partial charge in [-0.25, -0.2) is 0 Å². The maximum Gasteiger partial charge on any atom is 0.428 e. The Bertz CT molecular complexity index is 172. The van der Waals surface area contributed by atoms with Crippen molar-refractivity contribution in [2.75, 3.05) is 13.2 Å². The molecule has 0 aromatic rings. The Labute approximate surface area is 95.9 Å². The molecule has 15 heavy (non-hydrogen) atoms. The highest BCUT2D eigenvalue weighted by molar-refractivity contribution is 6.66. The number of nitrogens with one attached hydrogen (secondary N) is 1. The molecule has 0 bridgehead atoms. The molecule has 4 heteroatoms. The van der Waals surface area contributed by atoms with Gasteiger partial charge in [0.25, 0.3) is 0 Å². The summed E-state index contributed by atoms with van der Waals surface area (Å²) in [5.41, 5.74) is 0.428. The monoisotopic (exact) mass is 233 g/mol. The minimum absolute atomic E-state index is 0.0286. The van der Waals surface area contributed by atoms with Crippen molar-refractivity contribution in [2.45, 2.75) is 59.5 Å². The van der Waals surface area contributed by atoms with Gasteiger partial charge < -0.3 is 8.85 Å². The van der Waals surface area contributed by atoms with E-state index in [2.05, 4.69) is 39.6 Å². The maximum absolute atomic E-state index is 5.91. The highest BCUT2D eigenvalue weighted by atomic mass is 28.4. The molecule has 0 fully saturated rings. The molecule has 0 aliphatic heterocycles. The van der Waals surface area contributed by atoms with Crippen molar-refractivity contribution in [1.29, 1.82) is 0 Å². The Hall–Kier alpha value is 0.0969. The van der Waals surface area contributed by atoms with Gasteiger partial charge >= 0.3 is 8.72 Å². The Morgan fingerprint density at radius 3 is 1.67 bits per heavy atom. The zero-order valence-electron chi connectivity index (χ0n) is 11.3. The highest BCUT2D eigenvalue weighted by Gasteiger charge is 2.44. The smallest absolute Gasteiger partial charge is 0.383 e. The average Bonchev–Trinajstić information content (AvgIpc) is 2.01. The minimum Gasteiger partial charge on any atom is -0.383 e. The maximum atomic E-state index is 5.91. The summed E-state index contributed by atoms with van der Waals surface area (Å²) in [6, 6.07) is 0. The lowest BCUT2D eigenvalue weighted by Crippen LogP contribution is -2.64. The molecule has 0 aliphatic rings. The second-order valence-corrected chi connectivity index (χ2v) is 8.38. The van der Waals surface area contributed by atoms with E-state index in [1.807, 2.05) is 13.8 Å². The van der Waals surface area contributed by atoms with Crippen LogP contribution >= 0.6 is 0 Å². The molecule has 0 amide bonds. The van der Waals surface area contributed by atoms with E-state index in [0.29, 0.717) is 18.8 Å². The number of hydrogen-bond donors (Lipinski definition) is 1. The summed E-state index contributed by atoms with van der Waals surface area (Å²) in [5.74, 6) is 0. The third-order valence-electron chi connectivity index (χ3n) is 2.03. The Morgan fingerprint density at radius 2 is 1.47 bits per heavy atom. The van der Waals surface area contributed by atoms with Crippen molar-refractivity contribution in [1.82, 2.24) is 4.98 Å². The summed E-state index contributed by atoms with van der Waals surface area (Å²) in [7, 11) is -2.26. The lowest BCUT2D eigenvalue weighted by molar-refractivity contribution is 0.153. The molecule has 0 aliphatic carbocycles. The predicted molar refractivity (Wildman–Crippen MR) is 67.0 cm³/mol. The quantitative estimate of drug-likeness (QED) is 0.716. The van der Waals surface area contributed by atoms with Crippen LogP contribution < -0.4 is 4.98 Å². The summed E-state index contributed by atoms with van der Waals surface area (Å²) in [6.07, 6.45) is 0. The molecule has 92 valence electrons. The van der Waals surface area contributed by atoms with Crippen LogP contribution in [0.2, 0.25) is 5.54 Å². The first-order valence-corrected chi connectivity index (χ1v) is 7.74. The summed E-state index contributed by atoms with van der Waals surface area (Å²) in [4.78, 5) is 3.57. The van der Waals surface area contributed by atoms with Gasteiger partial charge in [-0.1, -0.05) is 13.8 Å². The van der Waals surface area contributed by atoms with Crippen LogP contribution in [-0.2, 0) is 8.85 Å². The fraction of sp³-hybridized carbons (Fsp3) is 1.00. The Kier molecular flexibility index (Phi) is 6.03. The molecule has 1 N–H and O–H groups in total. The van der Waals surface area contributed by atoms with E-state index in [0.717, 1.165) is 0 Å². The fourth-order valence-electron chi connectivity index (χ4n) is 1.54. The number of rotatable bonds is 6. The highest BCUT2D eigenvalue weighted by Crippen LogP contribution is 2.23. The molecule has 0 aromatic carbocycles. The van der Waals surface area contributed by atoms with Crippen molar-refractivity contribution in [3.8, 4) is 0 Å². The summed E-state index contributed by atoms with van der Waals surface area (Å²) in [5, 5.41) is 0. The third kappa shape index (κ3) is 5.11. The van der Waals surface area contributed by atoms with E-state index < -0.39 is 8.72 Å². The van der Waals surface area contributed by atoms with Crippen LogP contribution in [0.4, 0.5) is 0 Å². The first kappa shape index (κ1) is 15.1. The molecule has 0 spiro atoms. The molecular formula is C11H27NO2Si. The second kappa shape index (κ2) is 5.99. The molecule has 0 rings (SSSR count). The van der Waals surface area contributed by atoms with E-state index in [9.17, 15) is 0 Å². The Morgan fingerprint density at radius 1 is 1.07 bits per heavy atom. The van der Waals surface area contributed by atoms with Crippen molar-refractivity contribution in [2.24, 2.45) is 0 Å². The molecule has 0 heterocycles. The number of hydrogen-bond acceptors (Lipinski definition) is 3. The zero-order chi connectivity index (χ0) is 12.1. The first-order chi connectivity index (χ1) is 6.77. The van der Waals surface area contributed by atoms with E-state index in [1.165, 1.54) is 0 Å².